The Labute approximate surface area is 123 Å². The number of hydrogen-bond acceptors (Lipinski definition) is 3. The van der Waals surface area contributed by atoms with Crippen LogP contribution >= 0.6 is 0 Å². The Kier molecular flexibility index (Phi) is 7.21. The fourth-order valence-electron chi connectivity index (χ4n) is 1.92. The zero-order chi connectivity index (χ0) is 15.7. The van der Waals surface area contributed by atoms with Crippen molar-refractivity contribution in [2.24, 2.45) is 0 Å². The summed E-state index contributed by atoms with van der Waals surface area (Å²) >= 11 is 0. The Morgan fingerprint density at radius 1 is 1.24 bits per heavy atom. The Morgan fingerprint density at radius 3 is 2.67 bits per heavy atom. The quantitative estimate of drug-likeness (QED) is 0.672. The van der Waals surface area contributed by atoms with E-state index < -0.39 is 5.97 Å². The molecule has 21 heavy (non-hydrogen) atoms. The Hall–Kier alpha value is -2.11. The third-order valence-electron chi connectivity index (χ3n) is 3.09. The van der Waals surface area contributed by atoms with Gasteiger partial charge < -0.3 is 15.0 Å². The van der Waals surface area contributed by atoms with Gasteiger partial charge in [0.25, 0.3) is 5.56 Å². The van der Waals surface area contributed by atoms with Gasteiger partial charge in [0, 0.05) is 38.2 Å². The van der Waals surface area contributed by atoms with Crippen LogP contribution in [0.5, 0.6) is 0 Å². The van der Waals surface area contributed by atoms with E-state index in [0.29, 0.717) is 32.4 Å². The number of nitrogens with one attached hydrogen (secondary N) is 1. The number of carboxylic acids is 1. The van der Waals surface area contributed by atoms with Gasteiger partial charge in [-0.05, 0) is 37.8 Å². The maximum Gasteiger partial charge on any atom is 0.303 e. The summed E-state index contributed by atoms with van der Waals surface area (Å²) in [7, 11) is 0. The highest BCUT2D eigenvalue weighted by molar-refractivity contribution is 5.75. The van der Waals surface area contributed by atoms with E-state index >= 15 is 0 Å². The van der Waals surface area contributed by atoms with Crippen LogP contribution in [0.3, 0.4) is 0 Å². The van der Waals surface area contributed by atoms with Crippen molar-refractivity contribution in [3.8, 4) is 0 Å². The summed E-state index contributed by atoms with van der Waals surface area (Å²) in [4.78, 5) is 33.4. The van der Waals surface area contributed by atoms with Gasteiger partial charge in [0.1, 0.15) is 0 Å². The Balaban J connectivity index is 2.14. The largest absolute Gasteiger partial charge is 0.481 e. The lowest BCUT2D eigenvalue weighted by Gasteiger charge is -2.06. The van der Waals surface area contributed by atoms with Gasteiger partial charge in [-0.3, -0.25) is 14.4 Å². The minimum atomic E-state index is -0.854. The summed E-state index contributed by atoms with van der Waals surface area (Å²) in [6.07, 6.45) is 4.13. The van der Waals surface area contributed by atoms with E-state index in [1.54, 1.807) is 16.8 Å². The number of unbranched alkanes of at least 4 members (excludes halogenated alkanes) is 1. The summed E-state index contributed by atoms with van der Waals surface area (Å²) in [5, 5.41) is 11.1. The molecule has 1 rings (SSSR count). The fraction of sp³-hybridized carbons (Fsp3) is 0.533. The number of rotatable bonds is 9. The predicted molar refractivity (Wildman–Crippen MR) is 79.2 cm³/mol. The number of aryl methyl sites for hydroxylation is 2. The molecule has 1 aromatic rings. The molecule has 0 fully saturated rings. The van der Waals surface area contributed by atoms with Crippen LogP contribution in [-0.4, -0.2) is 28.1 Å². The van der Waals surface area contributed by atoms with Gasteiger partial charge in [0.15, 0.2) is 0 Å². The van der Waals surface area contributed by atoms with E-state index in [4.69, 9.17) is 5.11 Å². The number of pyridine rings is 1. The third-order valence-corrected chi connectivity index (χ3v) is 3.09. The van der Waals surface area contributed by atoms with Gasteiger partial charge in [0.2, 0.25) is 5.91 Å². The molecule has 1 heterocycles. The second-order valence-corrected chi connectivity index (χ2v) is 5.04. The SMILES string of the molecule is Cc1ccn(CCCCC(=O)NCCCC(=O)O)c(=O)c1. The van der Waals surface area contributed by atoms with E-state index in [0.717, 1.165) is 12.0 Å². The standard InChI is InChI=1S/C15H22N2O4/c1-12-7-10-17(14(19)11-12)9-3-2-5-13(18)16-8-4-6-15(20)21/h7,10-11H,2-6,8-9H2,1H3,(H,16,18)(H,20,21). The number of carboxylic acid groups (broad SMARTS) is 1. The average molecular weight is 294 g/mol. The van der Waals surface area contributed by atoms with E-state index in [9.17, 15) is 14.4 Å². The van der Waals surface area contributed by atoms with E-state index in [1.807, 2.05) is 13.0 Å². The molecule has 0 saturated carbocycles. The van der Waals surface area contributed by atoms with Crippen molar-refractivity contribution in [1.29, 1.82) is 0 Å². The van der Waals surface area contributed by atoms with Crippen LogP contribution in [0.4, 0.5) is 0 Å². The minimum Gasteiger partial charge on any atom is -0.481 e. The highest BCUT2D eigenvalue weighted by atomic mass is 16.4. The van der Waals surface area contributed by atoms with Gasteiger partial charge in [-0.2, -0.15) is 0 Å². The molecule has 0 spiro atoms. The zero-order valence-electron chi connectivity index (χ0n) is 12.3. The smallest absolute Gasteiger partial charge is 0.303 e. The van der Waals surface area contributed by atoms with Crippen LogP contribution in [0.1, 0.15) is 37.7 Å². The van der Waals surface area contributed by atoms with Crippen LogP contribution in [0.15, 0.2) is 23.1 Å². The molecule has 6 nitrogen and oxygen atoms in total. The molecule has 0 aliphatic rings. The van der Waals surface area contributed by atoms with E-state index in [1.165, 1.54) is 0 Å². The average Bonchev–Trinajstić information content (AvgIpc) is 2.41. The molecule has 1 amide bonds. The first kappa shape index (κ1) is 16.9. The van der Waals surface area contributed by atoms with Gasteiger partial charge in [-0.1, -0.05) is 0 Å². The Morgan fingerprint density at radius 2 is 2.00 bits per heavy atom. The number of carbonyl (C=O) groups is 2. The number of nitrogens with zero attached hydrogens (tertiary/aromatic N) is 1. The highest BCUT2D eigenvalue weighted by Crippen LogP contribution is 1.99. The predicted octanol–water partition coefficient (Wildman–Crippen LogP) is 1.31. The molecule has 6 heteroatoms. The Bertz CT molecular complexity index is 537. The second kappa shape index (κ2) is 8.94. The van der Waals surface area contributed by atoms with Crippen molar-refractivity contribution < 1.29 is 14.7 Å². The molecular weight excluding hydrogens is 272 g/mol. The molecule has 0 aromatic carbocycles. The number of aromatic nitrogens is 1. The van der Waals surface area contributed by atoms with Gasteiger partial charge >= 0.3 is 5.97 Å². The maximum absolute atomic E-state index is 11.6. The number of hydrogen-bond donors (Lipinski definition) is 2. The van der Waals surface area contributed by atoms with Gasteiger partial charge in [0.05, 0.1) is 0 Å². The van der Waals surface area contributed by atoms with Crippen molar-refractivity contribution in [3.05, 3.63) is 34.2 Å². The molecule has 0 bridgehead atoms. The maximum atomic E-state index is 11.6. The van der Waals surface area contributed by atoms with Crippen LogP contribution < -0.4 is 10.9 Å². The molecule has 0 radical (unpaired) electrons. The summed E-state index contributed by atoms with van der Waals surface area (Å²) in [6.45, 7) is 2.87. The third kappa shape index (κ3) is 7.29. The second-order valence-electron chi connectivity index (χ2n) is 5.04. The normalized spacial score (nSPS) is 10.3. The van der Waals surface area contributed by atoms with Crippen LogP contribution in [-0.2, 0) is 16.1 Å². The first-order valence-electron chi connectivity index (χ1n) is 7.14. The molecule has 1 aromatic heterocycles. The molecule has 0 atom stereocenters. The molecule has 0 aliphatic heterocycles. The minimum absolute atomic E-state index is 0.0203. The molecule has 0 aliphatic carbocycles. The molecule has 2 N–H and O–H groups in total. The number of aliphatic carboxylic acids is 1. The van der Waals surface area contributed by atoms with Crippen LogP contribution in [0.25, 0.3) is 0 Å². The van der Waals surface area contributed by atoms with Crippen LogP contribution in [0.2, 0.25) is 0 Å². The molecular formula is C15H22N2O4. The van der Waals surface area contributed by atoms with Crippen molar-refractivity contribution in [2.75, 3.05) is 6.54 Å². The van der Waals surface area contributed by atoms with Crippen molar-refractivity contribution >= 4 is 11.9 Å². The first-order valence-corrected chi connectivity index (χ1v) is 7.14. The molecule has 0 unspecified atom stereocenters. The zero-order valence-corrected chi connectivity index (χ0v) is 12.3. The van der Waals surface area contributed by atoms with Gasteiger partial charge in [-0.25, -0.2) is 0 Å². The highest BCUT2D eigenvalue weighted by Gasteiger charge is 2.02. The fourth-order valence-corrected chi connectivity index (χ4v) is 1.92. The van der Waals surface area contributed by atoms with Crippen molar-refractivity contribution in [3.63, 3.8) is 0 Å². The van der Waals surface area contributed by atoms with Crippen molar-refractivity contribution in [1.82, 2.24) is 9.88 Å². The first-order chi connectivity index (χ1) is 9.99. The monoisotopic (exact) mass is 294 g/mol. The summed E-state index contributed by atoms with van der Waals surface area (Å²) < 4.78 is 1.64. The number of carbonyl (C=O) groups excluding carboxylic acids is 1. The lowest BCUT2D eigenvalue weighted by atomic mass is 10.2. The molecule has 0 saturated heterocycles. The van der Waals surface area contributed by atoms with Crippen LogP contribution in [0, 0.1) is 6.92 Å². The molecule has 116 valence electrons. The summed E-state index contributed by atoms with van der Waals surface area (Å²) in [5.41, 5.74) is 0.921. The lowest BCUT2D eigenvalue weighted by molar-refractivity contribution is -0.137. The van der Waals surface area contributed by atoms with Crippen molar-refractivity contribution in [2.45, 2.75) is 45.6 Å². The van der Waals surface area contributed by atoms with Gasteiger partial charge in [-0.15, -0.1) is 0 Å². The topological polar surface area (TPSA) is 88.4 Å². The van der Waals surface area contributed by atoms with E-state index in [2.05, 4.69) is 5.32 Å². The number of amides is 1. The summed E-state index contributed by atoms with van der Waals surface area (Å²) in [6, 6.07) is 3.48. The van der Waals surface area contributed by atoms with E-state index in [-0.39, 0.29) is 17.9 Å². The summed E-state index contributed by atoms with van der Waals surface area (Å²) in [5.74, 6) is -0.926. The lowest BCUT2D eigenvalue weighted by Crippen LogP contribution is -2.24.